The summed E-state index contributed by atoms with van der Waals surface area (Å²) in [5, 5.41) is 18.1. The first-order valence-electron chi connectivity index (χ1n) is 12.9. The molecule has 0 radical (unpaired) electrons. The fraction of sp³-hybridized carbons (Fsp3) is 0.519. The van der Waals surface area contributed by atoms with Crippen molar-refractivity contribution in [3.05, 3.63) is 41.6 Å². The first-order valence-corrected chi connectivity index (χ1v) is 12.9. The second-order valence-corrected chi connectivity index (χ2v) is 10.5. The number of aliphatic hydroxyl groups excluding tert-OH is 1. The average molecular weight is 475 g/mol. The third-order valence-corrected chi connectivity index (χ3v) is 8.39. The number of benzene rings is 1. The molecule has 0 amide bonds. The van der Waals surface area contributed by atoms with Gasteiger partial charge in [-0.05, 0) is 74.8 Å². The van der Waals surface area contributed by atoms with E-state index < -0.39 is 6.23 Å². The molecule has 2 aliphatic heterocycles. The van der Waals surface area contributed by atoms with E-state index in [1.807, 2.05) is 11.8 Å². The molecule has 4 unspecified atom stereocenters. The maximum Gasteiger partial charge on any atom is 0.229 e. The van der Waals surface area contributed by atoms with Crippen LogP contribution in [0.15, 0.2) is 36.0 Å². The van der Waals surface area contributed by atoms with Gasteiger partial charge in [0.2, 0.25) is 5.95 Å². The van der Waals surface area contributed by atoms with Gasteiger partial charge in [0.05, 0.1) is 0 Å². The van der Waals surface area contributed by atoms with Gasteiger partial charge < -0.3 is 25.5 Å². The van der Waals surface area contributed by atoms with E-state index in [-0.39, 0.29) is 11.8 Å². The number of fused-ring (bicyclic) bond motifs is 3. The molecule has 4 atom stereocenters. The van der Waals surface area contributed by atoms with Crippen molar-refractivity contribution in [1.29, 1.82) is 0 Å². The SMILES string of the molecule is CC(=O)C1=C(C)c2cnc(Nc3ccc(N4CCNCC4)cc3)nc2N(C2CC3CCC2C3)C1O. The minimum absolute atomic E-state index is 0.0967. The van der Waals surface area contributed by atoms with Crippen LogP contribution in [0, 0.1) is 11.8 Å². The number of carbonyl (C=O) groups excluding carboxylic acids is 1. The summed E-state index contributed by atoms with van der Waals surface area (Å²) in [6.07, 6.45) is 5.53. The van der Waals surface area contributed by atoms with Gasteiger partial charge in [-0.3, -0.25) is 4.79 Å². The van der Waals surface area contributed by atoms with Crippen LogP contribution in [0.3, 0.4) is 0 Å². The number of allylic oxidation sites excluding steroid dienone is 1. The third kappa shape index (κ3) is 3.98. The van der Waals surface area contributed by atoms with Gasteiger partial charge in [0.1, 0.15) is 5.82 Å². The van der Waals surface area contributed by atoms with E-state index >= 15 is 0 Å². The molecule has 3 N–H and O–H groups in total. The maximum absolute atomic E-state index is 12.5. The van der Waals surface area contributed by atoms with E-state index in [0.717, 1.165) is 55.2 Å². The van der Waals surface area contributed by atoms with E-state index in [4.69, 9.17) is 4.98 Å². The smallest absolute Gasteiger partial charge is 0.229 e. The summed E-state index contributed by atoms with van der Waals surface area (Å²) in [7, 11) is 0. The van der Waals surface area contributed by atoms with E-state index in [9.17, 15) is 9.90 Å². The predicted octanol–water partition coefficient (Wildman–Crippen LogP) is 3.32. The summed E-state index contributed by atoms with van der Waals surface area (Å²) >= 11 is 0. The third-order valence-electron chi connectivity index (χ3n) is 8.39. The van der Waals surface area contributed by atoms with Gasteiger partial charge >= 0.3 is 0 Å². The zero-order valence-electron chi connectivity index (χ0n) is 20.5. The molecule has 3 fully saturated rings. The highest BCUT2D eigenvalue weighted by molar-refractivity contribution is 6.04. The predicted molar refractivity (Wildman–Crippen MR) is 138 cm³/mol. The van der Waals surface area contributed by atoms with Gasteiger partial charge in [-0.1, -0.05) is 6.42 Å². The largest absolute Gasteiger partial charge is 0.369 e. The summed E-state index contributed by atoms with van der Waals surface area (Å²) in [6, 6.07) is 8.57. The van der Waals surface area contributed by atoms with Gasteiger partial charge in [0, 0.05) is 60.9 Å². The molecule has 2 bridgehead atoms. The van der Waals surface area contributed by atoms with Crippen LogP contribution in [0.2, 0.25) is 0 Å². The first-order chi connectivity index (χ1) is 17.0. The normalized spacial score (nSPS) is 27.9. The van der Waals surface area contributed by atoms with Gasteiger partial charge in [-0.15, -0.1) is 0 Å². The molecule has 2 saturated carbocycles. The molecule has 8 heteroatoms. The zero-order valence-corrected chi connectivity index (χ0v) is 20.5. The number of nitrogens with zero attached hydrogens (tertiary/aromatic N) is 4. The summed E-state index contributed by atoms with van der Waals surface area (Å²) in [6.45, 7) is 7.46. The number of hydrogen-bond acceptors (Lipinski definition) is 8. The molecule has 1 aromatic carbocycles. The van der Waals surface area contributed by atoms with Crippen molar-refractivity contribution in [2.24, 2.45) is 11.8 Å². The van der Waals surface area contributed by atoms with Gasteiger partial charge in [-0.25, -0.2) is 4.98 Å². The Hall–Kier alpha value is -2.97. The Kier molecular flexibility index (Phi) is 5.73. The van der Waals surface area contributed by atoms with Crippen molar-refractivity contribution < 1.29 is 9.90 Å². The van der Waals surface area contributed by atoms with Crippen LogP contribution in [0.4, 0.5) is 23.1 Å². The van der Waals surface area contributed by atoms with Crippen molar-refractivity contribution in [3.8, 4) is 0 Å². The topological polar surface area (TPSA) is 93.6 Å². The lowest BCUT2D eigenvalue weighted by Crippen LogP contribution is -2.50. The first kappa shape index (κ1) is 22.5. The zero-order chi connectivity index (χ0) is 24.1. The minimum atomic E-state index is -0.967. The van der Waals surface area contributed by atoms with Crippen molar-refractivity contribution in [1.82, 2.24) is 15.3 Å². The van der Waals surface area contributed by atoms with Crippen LogP contribution < -0.4 is 20.4 Å². The maximum atomic E-state index is 12.5. The lowest BCUT2D eigenvalue weighted by molar-refractivity contribution is -0.114. The summed E-state index contributed by atoms with van der Waals surface area (Å²) < 4.78 is 0. The summed E-state index contributed by atoms with van der Waals surface area (Å²) in [5.41, 5.74) is 4.21. The van der Waals surface area contributed by atoms with Gasteiger partial charge in [0.25, 0.3) is 0 Å². The number of carbonyl (C=O) groups is 1. The lowest BCUT2D eigenvalue weighted by Gasteiger charge is -2.43. The van der Waals surface area contributed by atoms with Crippen LogP contribution in [0.1, 0.15) is 45.1 Å². The fourth-order valence-corrected chi connectivity index (χ4v) is 6.63. The number of anilines is 4. The van der Waals surface area contributed by atoms with E-state index in [2.05, 4.69) is 44.8 Å². The Morgan fingerprint density at radius 2 is 1.91 bits per heavy atom. The molecule has 3 heterocycles. The average Bonchev–Trinajstić information content (AvgIpc) is 3.49. The number of nitrogens with one attached hydrogen (secondary N) is 2. The van der Waals surface area contributed by atoms with E-state index in [1.165, 1.54) is 31.9 Å². The minimum Gasteiger partial charge on any atom is -0.369 e. The molecule has 8 nitrogen and oxygen atoms in total. The molecule has 35 heavy (non-hydrogen) atoms. The number of hydrogen-bond donors (Lipinski definition) is 3. The van der Waals surface area contributed by atoms with Crippen LogP contribution in [0.25, 0.3) is 5.57 Å². The second-order valence-electron chi connectivity index (χ2n) is 10.5. The van der Waals surface area contributed by atoms with Gasteiger partial charge in [0.15, 0.2) is 12.0 Å². The fourth-order valence-electron chi connectivity index (χ4n) is 6.63. The number of aliphatic hydroxyl groups is 1. The quantitative estimate of drug-likeness (QED) is 0.608. The molecule has 0 spiro atoms. The lowest BCUT2D eigenvalue weighted by atomic mass is 9.88. The van der Waals surface area contributed by atoms with Crippen molar-refractivity contribution >= 4 is 34.5 Å². The molecule has 1 aromatic heterocycles. The molecule has 2 aliphatic carbocycles. The Balaban J connectivity index is 1.31. The summed E-state index contributed by atoms with van der Waals surface area (Å²) in [4.78, 5) is 26.4. The van der Waals surface area contributed by atoms with Crippen molar-refractivity contribution in [2.45, 2.75) is 51.8 Å². The van der Waals surface area contributed by atoms with Crippen LogP contribution >= 0.6 is 0 Å². The Bertz CT molecular complexity index is 1160. The molecular weight excluding hydrogens is 440 g/mol. The van der Waals surface area contributed by atoms with E-state index in [1.54, 1.807) is 6.20 Å². The second kappa shape index (κ2) is 8.91. The van der Waals surface area contributed by atoms with Crippen LogP contribution in [-0.4, -0.2) is 59.3 Å². The number of aromatic nitrogens is 2. The Morgan fingerprint density at radius 1 is 1.14 bits per heavy atom. The number of rotatable bonds is 5. The highest BCUT2D eigenvalue weighted by Crippen LogP contribution is 2.50. The number of Topliss-reactive ketones (excluding diaryl/α,β-unsaturated/α-hetero) is 1. The van der Waals surface area contributed by atoms with Crippen molar-refractivity contribution in [2.75, 3.05) is 41.3 Å². The highest BCUT2D eigenvalue weighted by Gasteiger charge is 2.47. The molecular formula is C27H34N6O2. The Morgan fingerprint density at radius 3 is 2.57 bits per heavy atom. The van der Waals surface area contributed by atoms with Gasteiger partial charge in [-0.2, -0.15) is 4.98 Å². The molecule has 184 valence electrons. The van der Waals surface area contributed by atoms with Crippen LogP contribution in [-0.2, 0) is 4.79 Å². The molecule has 2 aromatic rings. The summed E-state index contributed by atoms with van der Waals surface area (Å²) in [5.74, 6) is 2.38. The highest BCUT2D eigenvalue weighted by atomic mass is 16.3. The molecule has 4 aliphatic rings. The van der Waals surface area contributed by atoms with Crippen LogP contribution in [0.5, 0.6) is 0 Å². The Labute approximate surface area is 206 Å². The number of piperazine rings is 1. The number of ketones is 1. The van der Waals surface area contributed by atoms with E-state index in [0.29, 0.717) is 23.4 Å². The monoisotopic (exact) mass is 474 g/mol. The molecule has 6 rings (SSSR count). The standard InChI is InChI=1S/C27H34N6O2/c1-16-22-15-29-27(30-20-5-7-21(8-6-20)32-11-9-28-10-12-32)31-25(22)33(26(35)24(16)17(2)34)23-14-18-3-4-19(23)13-18/h5-8,15,18-19,23,26,28,35H,3-4,9-14H2,1-2H3,(H,29,30,31). The molecule has 1 saturated heterocycles. The van der Waals surface area contributed by atoms with Crippen molar-refractivity contribution in [3.63, 3.8) is 0 Å².